The highest BCUT2D eigenvalue weighted by Crippen LogP contribution is 2.25. The smallest absolute Gasteiger partial charge is 0.267 e. The molecule has 0 saturated carbocycles. The molecule has 0 aliphatic carbocycles. The van der Waals surface area contributed by atoms with Gasteiger partial charge in [-0.3, -0.25) is 9.20 Å². The van der Waals surface area contributed by atoms with Gasteiger partial charge in [-0.05, 0) is 42.5 Å². The van der Waals surface area contributed by atoms with Crippen molar-refractivity contribution in [1.82, 2.24) is 9.38 Å². The fraction of sp³-hybridized carbons (Fsp3) is 0.190. The lowest BCUT2D eigenvalue weighted by Crippen LogP contribution is -2.38. The van der Waals surface area contributed by atoms with Crippen molar-refractivity contribution in [3.8, 4) is 6.07 Å². The molecule has 1 fully saturated rings. The lowest BCUT2D eigenvalue weighted by molar-refractivity contribution is 0.122. The minimum atomic E-state index is -4.16. The third kappa shape index (κ3) is 4.05. The lowest BCUT2D eigenvalue weighted by atomic mass is 10.2. The number of ether oxygens (including phenoxy) is 1. The Balaban J connectivity index is 1.94. The minimum Gasteiger partial charge on any atom is -0.378 e. The van der Waals surface area contributed by atoms with Gasteiger partial charge in [0.1, 0.15) is 22.4 Å². The van der Waals surface area contributed by atoms with Crippen molar-refractivity contribution in [2.75, 3.05) is 31.2 Å². The van der Waals surface area contributed by atoms with Crippen LogP contribution in [0.3, 0.4) is 0 Å². The van der Waals surface area contributed by atoms with Crippen molar-refractivity contribution < 1.29 is 13.2 Å². The second kappa shape index (κ2) is 8.51. The van der Waals surface area contributed by atoms with E-state index >= 15 is 0 Å². The highest BCUT2D eigenvalue weighted by atomic mass is 35.5. The van der Waals surface area contributed by atoms with E-state index in [1.54, 1.807) is 30.5 Å². The van der Waals surface area contributed by atoms with Crippen molar-refractivity contribution in [3.63, 3.8) is 0 Å². The summed E-state index contributed by atoms with van der Waals surface area (Å²) < 4.78 is 32.8. The number of hydrogen-bond acceptors (Lipinski definition) is 7. The van der Waals surface area contributed by atoms with Crippen molar-refractivity contribution in [2.45, 2.75) is 4.90 Å². The number of nitrogens with zero attached hydrogens (tertiary/aromatic N) is 4. The van der Waals surface area contributed by atoms with Crippen LogP contribution in [0.2, 0.25) is 5.02 Å². The maximum Gasteiger partial charge on any atom is 0.267 e. The van der Waals surface area contributed by atoms with Gasteiger partial charge in [0.15, 0.2) is 0 Å². The van der Waals surface area contributed by atoms with Crippen molar-refractivity contribution in [1.29, 1.82) is 5.26 Å². The molecule has 3 aromatic rings. The zero-order chi connectivity index (χ0) is 22.0. The first-order chi connectivity index (χ1) is 14.9. The standard InChI is InChI=1S/C21H17ClN4O4S/c22-15-4-6-16(7-5-15)31(28,29)17(14-23)13-18-20(25-9-11-30-12-10-25)24-19-3-1-2-8-26(19)21(18)27/h1-8,13H,9-12H2. The summed E-state index contributed by atoms with van der Waals surface area (Å²) in [5.41, 5.74) is -0.0176. The Hall–Kier alpha value is -3.19. The average Bonchev–Trinajstić information content (AvgIpc) is 2.79. The van der Waals surface area contributed by atoms with Crippen LogP contribution < -0.4 is 10.5 Å². The molecule has 0 spiro atoms. The van der Waals surface area contributed by atoms with Gasteiger partial charge in [0.2, 0.25) is 9.84 Å². The summed E-state index contributed by atoms with van der Waals surface area (Å²) in [5.74, 6) is 0.318. The Morgan fingerprint density at radius 3 is 2.55 bits per heavy atom. The van der Waals surface area contributed by atoms with Crippen LogP contribution in [0.15, 0.2) is 63.3 Å². The Morgan fingerprint density at radius 1 is 1.16 bits per heavy atom. The molecule has 1 aliphatic rings. The summed E-state index contributed by atoms with van der Waals surface area (Å²) in [4.78, 5) is 19.0. The number of allylic oxidation sites excluding steroid dienone is 1. The number of benzene rings is 1. The van der Waals surface area contributed by atoms with E-state index in [0.29, 0.717) is 42.8 Å². The molecule has 31 heavy (non-hydrogen) atoms. The molecule has 0 amide bonds. The summed E-state index contributed by atoms with van der Waals surface area (Å²) in [7, 11) is -4.16. The number of rotatable bonds is 4. The largest absolute Gasteiger partial charge is 0.378 e. The predicted octanol–water partition coefficient (Wildman–Crippen LogP) is 2.52. The highest BCUT2D eigenvalue weighted by molar-refractivity contribution is 7.95. The Kier molecular flexibility index (Phi) is 5.78. The molecule has 0 N–H and O–H groups in total. The molecular weight excluding hydrogens is 440 g/mol. The molecule has 1 aliphatic heterocycles. The zero-order valence-electron chi connectivity index (χ0n) is 16.2. The van der Waals surface area contributed by atoms with Gasteiger partial charge < -0.3 is 9.64 Å². The van der Waals surface area contributed by atoms with E-state index in [2.05, 4.69) is 4.98 Å². The zero-order valence-corrected chi connectivity index (χ0v) is 17.8. The number of anilines is 1. The van der Waals surface area contributed by atoms with E-state index in [1.165, 1.54) is 28.7 Å². The Bertz CT molecular complexity index is 1370. The summed E-state index contributed by atoms with van der Waals surface area (Å²) in [6.07, 6.45) is 2.65. The van der Waals surface area contributed by atoms with Crippen LogP contribution in [-0.4, -0.2) is 44.1 Å². The van der Waals surface area contributed by atoms with Gasteiger partial charge in [0, 0.05) is 24.3 Å². The summed E-state index contributed by atoms with van der Waals surface area (Å²) in [6, 6.07) is 12.3. The van der Waals surface area contributed by atoms with Crippen molar-refractivity contribution in [3.05, 3.63) is 74.5 Å². The van der Waals surface area contributed by atoms with Crippen LogP contribution in [0.25, 0.3) is 11.7 Å². The maximum absolute atomic E-state index is 13.3. The number of nitriles is 1. The molecule has 1 aromatic carbocycles. The third-order valence-corrected chi connectivity index (χ3v) is 6.79. The highest BCUT2D eigenvalue weighted by Gasteiger charge is 2.25. The van der Waals surface area contributed by atoms with Gasteiger partial charge in [-0.25, -0.2) is 13.4 Å². The van der Waals surface area contributed by atoms with E-state index in [9.17, 15) is 18.5 Å². The van der Waals surface area contributed by atoms with E-state index in [0.717, 1.165) is 6.08 Å². The Labute approximate surface area is 183 Å². The fourth-order valence-electron chi connectivity index (χ4n) is 3.28. The van der Waals surface area contributed by atoms with Crippen LogP contribution in [0.1, 0.15) is 5.56 Å². The second-order valence-corrected chi connectivity index (χ2v) is 9.11. The molecule has 0 atom stereocenters. The maximum atomic E-state index is 13.3. The summed E-state index contributed by atoms with van der Waals surface area (Å²) in [6.45, 7) is 1.88. The normalized spacial score (nSPS) is 15.1. The number of sulfone groups is 1. The molecule has 0 radical (unpaired) electrons. The van der Waals surface area contributed by atoms with E-state index in [4.69, 9.17) is 16.3 Å². The van der Waals surface area contributed by atoms with Crippen LogP contribution in [0.5, 0.6) is 0 Å². The quantitative estimate of drug-likeness (QED) is 0.555. The van der Waals surface area contributed by atoms with Crippen LogP contribution >= 0.6 is 11.6 Å². The lowest BCUT2D eigenvalue weighted by Gasteiger charge is -2.29. The van der Waals surface area contributed by atoms with Gasteiger partial charge in [-0.2, -0.15) is 5.26 Å². The molecular formula is C21H17ClN4O4S. The first-order valence-electron chi connectivity index (χ1n) is 9.38. The van der Waals surface area contributed by atoms with Gasteiger partial charge in [0.25, 0.3) is 5.56 Å². The van der Waals surface area contributed by atoms with E-state index < -0.39 is 20.3 Å². The molecule has 1 saturated heterocycles. The minimum absolute atomic E-state index is 0.0275. The number of fused-ring (bicyclic) bond motifs is 1. The number of halogens is 1. The van der Waals surface area contributed by atoms with Crippen molar-refractivity contribution >= 4 is 39.0 Å². The topological polar surface area (TPSA) is 105 Å². The molecule has 2 aromatic heterocycles. The summed E-state index contributed by atoms with van der Waals surface area (Å²) in [5, 5.41) is 10.0. The van der Waals surface area contributed by atoms with E-state index in [-0.39, 0.29) is 10.5 Å². The molecule has 3 heterocycles. The van der Waals surface area contributed by atoms with E-state index in [1.807, 2.05) is 4.90 Å². The molecule has 0 bridgehead atoms. The van der Waals surface area contributed by atoms with Crippen LogP contribution in [0, 0.1) is 11.3 Å². The number of morpholine rings is 1. The summed E-state index contributed by atoms with van der Waals surface area (Å²) >= 11 is 5.85. The second-order valence-electron chi connectivity index (χ2n) is 6.76. The molecule has 0 unspecified atom stereocenters. The monoisotopic (exact) mass is 456 g/mol. The van der Waals surface area contributed by atoms with Gasteiger partial charge >= 0.3 is 0 Å². The molecule has 4 rings (SSSR count). The van der Waals surface area contributed by atoms with Gasteiger partial charge in [-0.1, -0.05) is 17.7 Å². The molecule has 8 nitrogen and oxygen atoms in total. The van der Waals surface area contributed by atoms with Gasteiger partial charge in [0.05, 0.1) is 23.7 Å². The first-order valence-corrected chi connectivity index (χ1v) is 11.2. The number of aromatic nitrogens is 2. The number of hydrogen-bond donors (Lipinski definition) is 0. The SMILES string of the molecule is N#CC(=Cc1c(N2CCOCC2)nc2ccccn2c1=O)S(=O)(=O)c1ccc(Cl)cc1. The fourth-order valence-corrected chi connectivity index (χ4v) is 4.54. The van der Waals surface area contributed by atoms with Crippen LogP contribution in [-0.2, 0) is 14.6 Å². The van der Waals surface area contributed by atoms with Crippen LogP contribution in [0.4, 0.5) is 5.82 Å². The van der Waals surface area contributed by atoms with Gasteiger partial charge in [-0.15, -0.1) is 0 Å². The molecule has 158 valence electrons. The average molecular weight is 457 g/mol. The first kappa shape index (κ1) is 21.1. The predicted molar refractivity (Wildman–Crippen MR) is 117 cm³/mol. The van der Waals surface area contributed by atoms with Crippen molar-refractivity contribution in [2.24, 2.45) is 0 Å². The molecule has 10 heteroatoms. The number of pyridine rings is 1. The third-order valence-electron chi connectivity index (χ3n) is 4.86. The Morgan fingerprint density at radius 2 is 1.87 bits per heavy atom.